The third-order valence-electron chi connectivity index (χ3n) is 7.91. The van der Waals surface area contributed by atoms with Gasteiger partial charge >= 0.3 is 23.3 Å². The number of ether oxygens (including phenoxy) is 2. The largest absolute Gasteiger partial charge is 0.469 e. The summed E-state index contributed by atoms with van der Waals surface area (Å²) in [6, 6.07) is -1.46. The molecular weight excluding hydrogens is 430 g/mol. The molecule has 0 radical (unpaired) electrons. The first-order valence-corrected chi connectivity index (χ1v) is 11.2. The van der Waals surface area contributed by atoms with E-state index >= 15 is 0 Å². The number of Topliss-reactive ketones (excluding diaryl/α,β-unsaturated/α-hetero) is 1. The molecule has 1 aliphatic heterocycles. The molecule has 4 rings (SSSR count). The number of carbonyl (C=O) groups excluding carboxylic acids is 3. The standard InChI is InChI=1S/C23H29N3O7/c1-7-23(8-2)17-13(20(29)33-6)9-12(19(28)32-5)10-14-16(17)15(18(23)27)11(3)25-21(30)24(4)22(31)26(14)25/h9,11,13-14,17H,7-8,10H2,1-6H3/t11-,13+,14+,17?/m0/s1. The van der Waals surface area contributed by atoms with Crippen LogP contribution in [0.15, 0.2) is 32.4 Å². The molecule has 10 heteroatoms. The van der Waals surface area contributed by atoms with Crippen LogP contribution < -0.4 is 11.4 Å². The van der Waals surface area contributed by atoms with Crippen molar-refractivity contribution in [1.29, 1.82) is 0 Å². The minimum absolute atomic E-state index is 0.0162. The molecule has 0 fully saturated rings. The Morgan fingerprint density at radius 2 is 1.67 bits per heavy atom. The van der Waals surface area contributed by atoms with Crippen molar-refractivity contribution in [2.75, 3.05) is 14.2 Å². The summed E-state index contributed by atoms with van der Waals surface area (Å²) in [5.41, 5.74) is -0.690. The number of carbonyl (C=O) groups is 3. The number of esters is 2. The highest BCUT2D eigenvalue weighted by Gasteiger charge is 2.61. The number of hydrogen-bond acceptors (Lipinski definition) is 7. The Hall–Kier alpha value is -3.17. The highest BCUT2D eigenvalue weighted by molar-refractivity contribution is 6.06. The van der Waals surface area contributed by atoms with Crippen LogP contribution in [0.5, 0.6) is 0 Å². The third kappa shape index (κ3) is 2.75. The fraction of sp³-hybridized carbons (Fsp3) is 0.609. The molecule has 1 aromatic heterocycles. The van der Waals surface area contributed by atoms with Crippen LogP contribution in [0, 0.1) is 17.3 Å². The van der Waals surface area contributed by atoms with Gasteiger partial charge in [-0.15, -0.1) is 0 Å². The number of rotatable bonds is 4. The zero-order valence-corrected chi connectivity index (χ0v) is 19.7. The molecule has 4 atom stereocenters. The highest BCUT2D eigenvalue weighted by Crippen LogP contribution is 2.60. The quantitative estimate of drug-likeness (QED) is 0.618. The molecule has 0 saturated carbocycles. The van der Waals surface area contributed by atoms with E-state index in [1.165, 1.54) is 36.7 Å². The summed E-state index contributed by atoms with van der Waals surface area (Å²) in [4.78, 5) is 65.8. The van der Waals surface area contributed by atoms with Gasteiger partial charge in [-0.3, -0.25) is 9.59 Å². The average molecular weight is 459 g/mol. The summed E-state index contributed by atoms with van der Waals surface area (Å²) < 4.78 is 13.7. The van der Waals surface area contributed by atoms with Crippen molar-refractivity contribution in [3.63, 3.8) is 0 Å². The molecular formula is C23H29N3O7. The Morgan fingerprint density at radius 3 is 2.21 bits per heavy atom. The molecule has 0 N–H and O–H groups in total. The molecule has 2 aliphatic carbocycles. The molecule has 0 amide bonds. The second-order valence-electron chi connectivity index (χ2n) is 8.98. The van der Waals surface area contributed by atoms with E-state index in [0.717, 1.165) is 4.57 Å². The summed E-state index contributed by atoms with van der Waals surface area (Å²) in [7, 11) is 3.89. The van der Waals surface area contributed by atoms with Gasteiger partial charge in [-0.05, 0) is 25.3 Å². The van der Waals surface area contributed by atoms with E-state index in [2.05, 4.69) is 0 Å². The molecule has 1 unspecified atom stereocenters. The topological polar surface area (TPSA) is 119 Å². The van der Waals surface area contributed by atoms with E-state index in [9.17, 15) is 24.0 Å². The summed E-state index contributed by atoms with van der Waals surface area (Å²) in [6.45, 7) is 5.52. The van der Waals surface area contributed by atoms with E-state index in [1.807, 2.05) is 13.8 Å². The van der Waals surface area contributed by atoms with Gasteiger partial charge in [-0.1, -0.05) is 19.9 Å². The zero-order valence-electron chi connectivity index (χ0n) is 19.7. The lowest BCUT2D eigenvalue weighted by molar-refractivity contribution is -0.147. The van der Waals surface area contributed by atoms with Crippen molar-refractivity contribution in [1.82, 2.24) is 13.9 Å². The van der Waals surface area contributed by atoms with Gasteiger partial charge in [0, 0.05) is 35.9 Å². The maximum atomic E-state index is 14.0. The minimum atomic E-state index is -0.920. The van der Waals surface area contributed by atoms with Crippen molar-refractivity contribution >= 4 is 17.7 Å². The molecule has 1 aromatic rings. The van der Waals surface area contributed by atoms with Crippen LogP contribution in [0.4, 0.5) is 0 Å². The predicted octanol–water partition coefficient (Wildman–Crippen LogP) is 1.06. The van der Waals surface area contributed by atoms with E-state index in [4.69, 9.17) is 9.47 Å². The van der Waals surface area contributed by atoms with E-state index in [-0.39, 0.29) is 17.8 Å². The molecule has 0 bridgehead atoms. The average Bonchev–Trinajstić information content (AvgIpc) is 3.11. The Bertz CT molecular complexity index is 1240. The van der Waals surface area contributed by atoms with E-state index in [1.54, 1.807) is 6.92 Å². The summed E-state index contributed by atoms with van der Waals surface area (Å²) in [5.74, 6) is -2.81. The molecule has 2 heterocycles. The molecule has 0 saturated heterocycles. The van der Waals surface area contributed by atoms with Crippen LogP contribution in [0.1, 0.15) is 52.1 Å². The summed E-state index contributed by atoms with van der Waals surface area (Å²) >= 11 is 0. The Kier molecular flexibility index (Phi) is 5.37. The highest BCUT2D eigenvalue weighted by atomic mass is 16.5. The van der Waals surface area contributed by atoms with Crippen molar-refractivity contribution in [2.45, 2.75) is 52.1 Å². The van der Waals surface area contributed by atoms with Crippen LogP contribution >= 0.6 is 0 Å². The minimum Gasteiger partial charge on any atom is -0.469 e. The lowest BCUT2D eigenvalue weighted by atomic mass is 9.65. The molecule has 3 aliphatic rings. The Morgan fingerprint density at radius 1 is 1.06 bits per heavy atom. The smallest absolute Gasteiger partial charge is 0.347 e. The predicted molar refractivity (Wildman–Crippen MR) is 116 cm³/mol. The molecule has 10 nitrogen and oxygen atoms in total. The SMILES string of the molecule is CCC1(CC)C(=O)C2=C3C1[C@H](C(=O)OC)C=C(C(=O)OC)C[C@H]3n1c(=O)n(C)c(=O)n1[C@H]2C. The normalized spacial score (nSPS) is 27.5. The van der Waals surface area contributed by atoms with Crippen LogP contribution in [-0.2, 0) is 30.9 Å². The first-order valence-electron chi connectivity index (χ1n) is 11.2. The zero-order chi connectivity index (χ0) is 24.4. The molecule has 178 valence electrons. The van der Waals surface area contributed by atoms with Gasteiger partial charge in [-0.25, -0.2) is 28.3 Å². The first-order chi connectivity index (χ1) is 15.6. The summed E-state index contributed by atoms with van der Waals surface area (Å²) in [6.07, 6.45) is 2.46. The number of methoxy groups -OCH3 is 2. The molecule has 0 aromatic carbocycles. The Labute approximate surface area is 190 Å². The van der Waals surface area contributed by atoms with Crippen LogP contribution in [0.2, 0.25) is 0 Å². The second-order valence-corrected chi connectivity index (χ2v) is 8.98. The van der Waals surface area contributed by atoms with Crippen molar-refractivity contribution in [2.24, 2.45) is 24.3 Å². The number of ketones is 1. The van der Waals surface area contributed by atoms with Gasteiger partial charge in [0.05, 0.1) is 32.2 Å². The van der Waals surface area contributed by atoms with Gasteiger partial charge in [0.2, 0.25) is 0 Å². The van der Waals surface area contributed by atoms with Crippen LogP contribution in [0.25, 0.3) is 0 Å². The lowest BCUT2D eigenvalue weighted by Crippen LogP contribution is -2.41. The number of nitrogens with zero attached hydrogens (tertiary/aromatic N) is 3. The van der Waals surface area contributed by atoms with Crippen LogP contribution in [0.3, 0.4) is 0 Å². The second kappa shape index (κ2) is 7.71. The maximum absolute atomic E-state index is 14.0. The number of allylic oxidation sites excluding steroid dienone is 2. The first kappa shape index (κ1) is 23.0. The third-order valence-corrected chi connectivity index (χ3v) is 7.91. The number of fused-ring (bicyclic) bond motifs is 2. The lowest BCUT2D eigenvalue weighted by Gasteiger charge is -2.38. The Balaban J connectivity index is 2.12. The summed E-state index contributed by atoms with van der Waals surface area (Å²) in [5, 5.41) is 0. The number of hydrogen-bond donors (Lipinski definition) is 0. The fourth-order valence-corrected chi connectivity index (χ4v) is 6.24. The van der Waals surface area contributed by atoms with E-state index in [0.29, 0.717) is 24.0 Å². The number of aromatic nitrogens is 3. The van der Waals surface area contributed by atoms with E-state index < -0.39 is 52.7 Å². The maximum Gasteiger partial charge on any atom is 0.347 e. The van der Waals surface area contributed by atoms with Gasteiger partial charge in [-0.2, -0.15) is 0 Å². The fourth-order valence-electron chi connectivity index (χ4n) is 6.24. The van der Waals surface area contributed by atoms with Gasteiger partial charge < -0.3 is 9.47 Å². The van der Waals surface area contributed by atoms with Crippen molar-refractivity contribution < 1.29 is 23.9 Å². The van der Waals surface area contributed by atoms with Crippen LogP contribution in [-0.4, -0.2) is 45.9 Å². The van der Waals surface area contributed by atoms with Gasteiger partial charge in [0.25, 0.3) is 0 Å². The van der Waals surface area contributed by atoms with Gasteiger partial charge in [0.15, 0.2) is 5.78 Å². The van der Waals surface area contributed by atoms with Crippen molar-refractivity contribution in [3.05, 3.63) is 43.8 Å². The van der Waals surface area contributed by atoms with Gasteiger partial charge in [0.1, 0.15) is 0 Å². The monoisotopic (exact) mass is 459 g/mol. The molecule has 0 spiro atoms. The van der Waals surface area contributed by atoms with Crippen molar-refractivity contribution in [3.8, 4) is 0 Å². The molecule has 33 heavy (non-hydrogen) atoms.